The molecule has 1 unspecified atom stereocenters. The zero-order chi connectivity index (χ0) is 10.4. The first-order valence-corrected chi connectivity index (χ1v) is 5.54. The monoisotopic (exact) mass is 197 g/mol. The van der Waals surface area contributed by atoms with Crippen LogP contribution in [0.1, 0.15) is 18.9 Å². The minimum absolute atomic E-state index is 0.664. The van der Waals surface area contributed by atoms with E-state index in [1.165, 1.54) is 27.0 Å². The molecule has 1 N–H and O–H groups in total. The van der Waals surface area contributed by atoms with Gasteiger partial charge in [0.05, 0.1) is 0 Å². The molecule has 0 saturated carbocycles. The van der Waals surface area contributed by atoms with Crippen molar-refractivity contribution in [2.24, 2.45) is 5.92 Å². The Labute approximate surface area is 89.1 Å². The molecule has 15 heavy (non-hydrogen) atoms. The zero-order valence-corrected chi connectivity index (χ0v) is 9.17. The maximum absolute atomic E-state index is 3.48. The number of hydrogen-bond acceptors (Lipinski definition) is 0. The number of nitrogens with one attached hydrogen (secondary N) is 1. The Morgan fingerprint density at radius 1 is 1.33 bits per heavy atom. The van der Waals surface area contributed by atoms with E-state index in [-0.39, 0.29) is 0 Å². The molecule has 1 heterocycles. The lowest BCUT2D eigenvalue weighted by Gasteiger charge is -2.04. The minimum atomic E-state index is 0.664. The summed E-state index contributed by atoms with van der Waals surface area (Å²) in [7, 11) is 0. The average Bonchev–Trinajstić information content (AvgIpc) is 2.56. The molecule has 0 saturated heterocycles. The topological polar surface area (TPSA) is 15.8 Å². The number of hydrogen-bond donors (Lipinski definition) is 1. The predicted molar refractivity (Wildman–Crippen MR) is 65.0 cm³/mol. The molecule has 2 aromatic rings. The van der Waals surface area contributed by atoms with Gasteiger partial charge in [0, 0.05) is 21.5 Å². The fraction of sp³-hybridized carbons (Fsp3) is 0.286. The molecule has 1 aromatic carbocycles. The average molecular weight is 197 g/mol. The van der Waals surface area contributed by atoms with Crippen molar-refractivity contribution in [1.29, 1.82) is 0 Å². The molecule has 0 radical (unpaired) electrons. The van der Waals surface area contributed by atoms with Gasteiger partial charge in [-0.05, 0) is 31.4 Å². The Hall–Kier alpha value is -1.50. The number of H-pyrrole nitrogens is 1. The number of aromatic amines is 1. The van der Waals surface area contributed by atoms with Gasteiger partial charge in [-0.1, -0.05) is 30.7 Å². The third-order valence-electron chi connectivity index (χ3n) is 3.17. The lowest BCUT2D eigenvalue weighted by atomic mass is 10.0. The molecule has 0 bridgehead atoms. The van der Waals surface area contributed by atoms with Crippen LogP contribution >= 0.6 is 0 Å². The highest BCUT2D eigenvalue weighted by atomic mass is 14.7. The molecule has 1 aliphatic rings. The van der Waals surface area contributed by atoms with Gasteiger partial charge in [-0.25, -0.2) is 0 Å². The molecular formula is C14H15N. The predicted octanol–water partition coefficient (Wildman–Crippen LogP) is 2.08. The van der Waals surface area contributed by atoms with E-state index in [9.17, 15) is 0 Å². The first-order valence-electron chi connectivity index (χ1n) is 5.54. The van der Waals surface area contributed by atoms with Gasteiger partial charge in [-0.3, -0.25) is 0 Å². The maximum Gasteiger partial charge on any atom is 0.0464 e. The summed E-state index contributed by atoms with van der Waals surface area (Å²) in [4.78, 5) is 3.48. The highest BCUT2D eigenvalue weighted by Gasteiger charge is 2.06. The standard InChI is InChI=1S/C14H15N/c1-9-3-5-13-11(7-9)12-8-10(2)4-6-14(12)15-13/h3,5-8,10,15H,4H2,1-2H3. The van der Waals surface area contributed by atoms with E-state index in [0.717, 1.165) is 6.42 Å². The molecule has 1 nitrogen and oxygen atoms in total. The van der Waals surface area contributed by atoms with Crippen LogP contribution < -0.4 is 10.6 Å². The number of rotatable bonds is 0. The third kappa shape index (κ3) is 1.30. The van der Waals surface area contributed by atoms with Crippen molar-refractivity contribution >= 4 is 23.1 Å². The lowest BCUT2D eigenvalue weighted by Crippen LogP contribution is -2.26. The van der Waals surface area contributed by atoms with Gasteiger partial charge in [-0.15, -0.1) is 0 Å². The molecular weight excluding hydrogens is 182 g/mol. The van der Waals surface area contributed by atoms with E-state index < -0.39 is 0 Å². The van der Waals surface area contributed by atoms with Crippen LogP contribution in [-0.2, 0) is 0 Å². The third-order valence-corrected chi connectivity index (χ3v) is 3.17. The van der Waals surface area contributed by atoms with Gasteiger partial charge in [0.1, 0.15) is 0 Å². The summed E-state index contributed by atoms with van der Waals surface area (Å²) >= 11 is 0. The van der Waals surface area contributed by atoms with Crippen LogP contribution in [-0.4, -0.2) is 4.98 Å². The summed E-state index contributed by atoms with van der Waals surface area (Å²) in [5.41, 5.74) is 2.59. The quantitative estimate of drug-likeness (QED) is 0.665. The number of benzene rings is 1. The molecule has 3 rings (SSSR count). The molecule has 0 fully saturated rings. The van der Waals surface area contributed by atoms with Crippen molar-refractivity contribution in [2.75, 3.05) is 0 Å². The molecule has 1 atom stereocenters. The second-order valence-corrected chi connectivity index (χ2v) is 4.59. The normalized spacial score (nSPS) is 19.5. The van der Waals surface area contributed by atoms with Crippen molar-refractivity contribution in [3.05, 3.63) is 34.3 Å². The van der Waals surface area contributed by atoms with Crippen molar-refractivity contribution in [1.82, 2.24) is 4.98 Å². The van der Waals surface area contributed by atoms with Crippen LogP contribution in [0.4, 0.5) is 0 Å². The van der Waals surface area contributed by atoms with Crippen LogP contribution in [0.3, 0.4) is 0 Å². The smallest absolute Gasteiger partial charge is 0.0464 e. The first-order chi connectivity index (χ1) is 7.24. The second kappa shape index (κ2) is 2.99. The van der Waals surface area contributed by atoms with Crippen molar-refractivity contribution < 1.29 is 0 Å². The highest BCUT2D eigenvalue weighted by Crippen LogP contribution is 2.12. The van der Waals surface area contributed by atoms with Gasteiger partial charge in [0.25, 0.3) is 0 Å². The molecule has 1 aromatic heterocycles. The van der Waals surface area contributed by atoms with E-state index in [2.05, 4.69) is 49.2 Å². The SMILES string of the molecule is Cc1ccc2[nH]c3c(c2c1)=CC(C)CC=3. The minimum Gasteiger partial charge on any atom is -0.355 e. The second-order valence-electron chi connectivity index (χ2n) is 4.59. The largest absolute Gasteiger partial charge is 0.355 e. The number of fused-ring (bicyclic) bond motifs is 3. The fourth-order valence-corrected chi connectivity index (χ4v) is 2.34. The van der Waals surface area contributed by atoms with Crippen molar-refractivity contribution in [2.45, 2.75) is 20.3 Å². The summed E-state index contributed by atoms with van der Waals surface area (Å²) in [6, 6.07) is 6.61. The highest BCUT2D eigenvalue weighted by molar-refractivity contribution is 5.82. The zero-order valence-electron chi connectivity index (χ0n) is 9.17. The Morgan fingerprint density at radius 2 is 2.20 bits per heavy atom. The molecule has 0 spiro atoms. The lowest BCUT2D eigenvalue weighted by molar-refractivity contribution is 0.799. The summed E-state index contributed by atoms with van der Waals surface area (Å²) in [5.74, 6) is 0.664. The summed E-state index contributed by atoms with van der Waals surface area (Å²) in [5, 5.41) is 4.06. The maximum atomic E-state index is 3.48. The van der Waals surface area contributed by atoms with E-state index >= 15 is 0 Å². The van der Waals surface area contributed by atoms with Crippen LogP contribution in [0.2, 0.25) is 0 Å². The Morgan fingerprint density at radius 3 is 3.07 bits per heavy atom. The Balaban J connectivity index is 2.51. The summed E-state index contributed by atoms with van der Waals surface area (Å²) in [6.45, 7) is 4.42. The van der Waals surface area contributed by atoms with Gasteiger partial charge in [-0.2, -0.15) is 0 Å². The molecule has 1 heteroatoms. The molecule has 76 valence electrons. The van der Waals surface area contributed by atoms with Crippen LogP contribution in [0.5, 0.6) is 0 Å². The summed E-state index contributed by atoms with van der Waals surface area (Å²) in [6.07, 6.45) is 5.85. The van der Waals surface area contributed by atoms with Crippen LogP contribution in [0, 0.1) is 12.8 Å². The van der Waals surface area contributed by atoms with E-state index in [1.807, 2.05) is 0 Å². The first kappa shape index (κ1) is 8.78. The number of aromatic nitrogens is 1. The Bertz CT molecular complexity index is 631. The van der Waals surface area contributed by atoms with E-state index in [1.54, 1.807) is 0 Å². The van der Waals surface area contributed by atoms with E-state index in [4.69, 9.17) is 0 Å². The Kier molecular flexibility index (Phi) is 1.75. The van der Waals surface area contributed by atoms with Gasteiger partial charge < -0.3 is 4.98 Å². The van der Waals surface area contributed by atoms with Crippen LogP contribution in [0.15, 0.2) is 18.2 Å². The van der Waals surface area contributed by atoms with Crippen molar-refractivity contribution in [3.8, 4) is 0 Å². The van der Waals surface area contributed by atoms with E-state index in [0.29, 0.717) is 5.92 Å². The molecule has 1 aliphatic carbocycles. The van der Waals surface area contributed by atoms with Crippen molar-refractivity contribution in [3.63, 3.8) is 0 Å². The van der Waals surface area contributed by atoms with Gasteiger partial charge in [0.2, 0.25) is 0 Å². The summed E-state index contributed by atoms with van der Waals surface area (Å²) < 4.78 is 0. The molecule has 0 aliphatic heterocycles. The number of aryl methyl sites for hydroxylation is 1. The van der Waals surface area contributed by atoms with Gasteiger partial charge in [0.15, 0.2) is 0 Å². The van der Waals surface area contributed by atoms with Gasteiger partial charge >= 0.3 is 0 Å². The molecule has 0 amide bonds. The fourth-order valence-electron chi connectivity index (χ4n) is 2.34. The van der Waals surface area contributed by atoms with Crippen LogP contribution in [0.25, 0.3) is 23.1 Å².